The molecule has 0 aliphatic rings. The fourth-order valence-electron chi connectivity index (χ4n) is 1.97. The Morgan fingerprint density at radius 3 is 2.68 bits per heavy atom. The molecule has 0 bridgehead atoms. The lowest BCUT2D eigenvalue weighted by Gasteiger charge is -2.15. The summed E-state index contributed by atoms with van der Waals surface area (Å²) in [6.45, 7) is 7.76. The van der Waals surface area contributed by atoms with Gasteiger partial charge in [0.25, 0.3) is 0 Å². The van der Waals surface area contributed by atoms with Gasteiger partial charge in [0.05, 0.1) is 0 Å². The molecule has 0 aromatic carbocycles. The Bertz CT molecular complexity index is 644. The van der Waals surface area contributed by atoms with Crippen LogP contribution in [0.5, 0.6) is 5.75 Å². The van der Waals surface area contributed by atoms with E-state index >= 15 is 0 Å². The SMILES string of the molecule is C[Si](C)(C)CCOCn1cc(OB(O)O)c2ncnc(N)c21. The molecule has 10 heteroatoms. The van der Waals surface area contributed by atoms with Gasteiger partial charge in [-0.25, -0.2) is 9.97 Å². The summed E-state index contributed by atoms with van der Waals surface area (Å²) in [7, 11) is -3.08. The molecule has 8 nitrogen and oxygen atoms in total. The van der Waals surface area contributed by atoms with Gasteiger partial charge in [-0.05, 0) is 6.04 Å². The molecule has 2 aromatic rings. The van der Waals surface area contributed by atoms with Gasteiger partial charge in [-0.1, -0.05) is 19.6 Å². The summed E-state index contributed by atoms with van der Waals surface area (Å²) >= 11 is 0. The van der Waals surface area contributed by atoms with Gasteiger partial charge in [-0.15, -0.1) is 0 Å². The number of anilines is 1. The summed E-state index contributed by atoms with van der Waals surface area (Å²) < 4.78 is 12.3. The number of nitrogen functional groups attached to an aromatic ring is 1. The minimum Gasteiger partial charge on any atom is -0.509 e. The van der Waals surface area contributed by atoms with Crippen LogP contribution in [0.25, 0.3) is 11.0 Å². The molecule has 120 valence electrons. The van der Waals surface area contributed by atoms with E-state index in [4.69, 9.17) is 25.2 Å². The van der Waals surface area contributed by atoms with Gasteiger partial charge in [0.2, 0.25) is 0 Å². The highest BCUT2D eigenvalue weighted by Gasteiger charge is 2.20. The third kappa shape index (κ3) is 4.20. The van der Waals surface area contributed by atoms with Crippen LogP contribution in [0, 0.1) is 0 Å². The Hall–Kier alpha value is -1.62. The van der Waals surface area contributed by atoms with Gasteiger partial charge in [-0.2, -0.15) is 0 Å². The smallest absolute Gasteiger partial charge is 0.509 e. The van der Waals surface area contributed by atoms with Crippen molar-refractivity contribution in [2.45, 2.75) is 32.4 Å². The molecular weight excluding hydrogens is 303 g/mol. The Labute approximate surface area is 130 Å². The van der Waals surface area contributed by atoms with E-state index in [1.165, 1.54) is 6.33 Å². The number of hydrogen-bond acceptors (Lipinski definition) is 7. The van der Waals surface area contributed by atoms with Crippen LogP contribution in [-0.2, 0) is 11.5 Å². The number of rotatable bonds is 7. The summed E-state index contributed by atoms with van der Waals surface area (Å²) in [5.41, 5.74) is 6.83. The lowest BCUT2D eigenvalue weighted by molar-refractivity contribution is 0.0900. The fraction of sp³-hybridized carbons (Fsp3) is 0.500. The van der Waals surface area contributed by atoms with Crippen molar-refractivity contribution in [2.75, 3.05) is 12.3 Å². The molecule has 0 aliphatic heterocycles. The first kappa shape index (κ1) is 16.7. The van der Waals surface area contributed by atoms with Crippen LogP contribution in [0.15, 0.2) is 12.5 Å². The number of nitrogens with two attached hydrogens (primary N) is 1. The van der Waals surface area contributed by atoms with Crippen LogP contribution >= 0.6 is 0 Å². The van der Waals surface area contributed by atoms with Crippen molar-refractivity contribution in [1.82, 2.24) is 14.5 Å². The summed E-state index contributed by atoms with van der Waals surface area (Å²) in [5.74, 6) is 0.494. The number of nitrogens with zero attached hydrogens (tertiary/aromatic N) is 3. The summed E-state index contributed by atoms with van der Waals surface area (Å²) in [4.78, 5) is 8.02. The third-order valence-electron chi connectivity index (χ3n) is 3.10. The monoisotopic (exact) mass is 324 g/mol. The van der Waals surface area contributed by atoms with Gasteiger partial charge < -0.3 is 29.7 Å². The molecule has 2 heterocycles. The fourth-order valence-corrected chi connectivity index (χ4v) is 2.72. The highest BCUT2D eigenvalue weighted by atomic mass is 28.3. The van der Waals surface area contributed by atoms with E-state index in [0.717, 1.165) is 6.04 Å². The highest BCUT2D eigenvalue weighted by molar-refractivity contribution is 6.76. The molecule has 0 saturated carbocycles. The van der Waals surface area contributed by atoms with Crippen LogP contribution in [0.2, 0.25) is 25.7 Å². The van der Waals surface area contributed by atoms with E-state index in [1.807, 2.05) is 0 Å². The maximum atomic E-state index is 8.97. The first-order valence-corrected chi connectivity index (χ1v) is 10.7. The molecule has 0 saturated heterocycles. The first-order chi connectivity index (χ1) is 10.3. The Morgan fingerprint density at radius 2 is 2.05 bits per heavy atom. The van der Waals surface area contributed by atoms with Crippen molar-refractivity contribution in [3.05, 3.63) is 12.5 Å². The molecule has 2 aromatic heterocycles. The van der Waals surface area contributed by atoms with E-state index in [-0.39, 0.29) is 18.3 Å². The van der Waals surface area contributed by atoms with Crippen molar-refractivity contribution in [3.63, 3.8) is 0 Å². The Kier molecular flexibility index (Phi) is 5.06. The Balaban J connectivity index is 2.18. The Morgan fingerprint density at radius 1 is 1.32 bits per heavy atom. The zero-order chi connectivity index (χ0) is 16.3. The molecule has 0 fully saturated rings. The first-order valence-electron chi connectivity index (χ1n) is 6.98. The second kappa shape index (κ2) is 6.65. The second-order valence-electron chi connectivity index (χ2n) is 6.21. The maximum Gasteiger partial charge on any atom is 0.707 e. The number of ether oxygens (including phenoxy) is 1. The largest absolute Gasteiger partial charge is 0.707 e. The minimum atomic E-state index is -1.93. The summed E-state index contributed by atoms with van der Waals surface area (Å²) in [6.07, 6.45) is 2.87. The zero-order valence-corrected chi connectivity index (χ0v) is 14.0. The lowest BCUT2D eigenvalue weighted by atomic mass is 10.2. The predicted octanol–water partition coefficient (Wildman–Crippen LogP) is 0.674. The van der Waals surface area contributed by atoms with Crippen LogP contribution in [0.3, 0.4) is 0 Å². The standard InChI is InChI=1S/C12H21BN4O4Si/c1-22(2,3)5-4-20-8-17-6-9(21-13(18)19)10-11(17)12(14)16-7-15-10/h6-7,18-19H,4-5,8H2,1-3H3,(H2,14,15,16). The van der Waals surface area contributed by atoms with Crippen molar-refractivity contribution < 1.29 is 19.4 Å². The maximum absolute atomic E-state index is 8.97. The van der Waals surface area contributed by atoms with Gasteiger partial charge in [0.1, 0.15) is 29.8 Å². The van der Waals surface area contributed by atoms with E-state index in [0.29, 0.717) is 17.6 Å². The van der Waals surface area contributed by atoms with E-state index in [9.17, 15) is 0 Å². The predicted molar refractivity (Wildman–Crippen MR) is 86.9 cm³/mol. The molecule has 4 N–H and O–H groups in total. The zero-order valence-electron chi connectivity index (χ0n) is 13.0. The second-order valence-corrected chi connectivity index (χ2v) is 11.8. The molecule has 0 atom stereocenters. The molecule has 0 aliphatic carbocycles. The van der Waals surface area contributed by atoms with E-state index in [2.05, 4.69) is 29.6 Å². The molecule has 2 rings (SSSR count). The van der Waals surface area contributed by atoms with Crippen molar-refractivity contribution >= 4 is 32.2 Å². The van der Waals surface area contributed by atoms with Gasteiger partial charge in [0.15, 0.2) is 5.82 Å². The number of hydrogen-bond donors (Lipinski definition) is 3. The van der Waals surface area contributed by atoms with Crippen molar-refractivity contribution in [2.24, 2.45) is 0 Å². The van der Waals surface area contributed by atoms with Crippen LogP contribution < -0.4 is 10.4 Å². The molecule has 0 spiro atoms. The highest BCUT2D eigenvalue weighted by Crippen LogP contribution is 2.29. The normalized spacial score (nSPS) is 11.9. The van der Waals surface area contributed by atoms with Crippen molar-refractivity contribution in [1.29, 1.82) is 0 Å². The summed E-state index contributed by atoms with van der Waals surface area (Å²) in [5, 5.41) is 17.9. The number of fused-ring (bicyclic) bond motifs is 1. The van der Waals surface area contributed by atoms with Gasteiger partial charge in [0, 0.05) is 20.9 Å². The molecule has 22 heavy (non-hydrogen) atoms. The lowest BCUT2D eigenvalue weighted by Crippen LogP contribution is -2.22. The van der Waals surface area contributed by atoms with Crippen molar-refractivity contribution in [3.8, 4) is 5.75 Å². The van der Waals surface area contributed by atoms with Crippen LogP contribution in [0.4, 0.5) is 5.82 Å². The molecular formula is C12H21BN4O4Si. The average molecular weight is 324 g/mol. The summed E-state index contributed by atoms with van der Waals surface area (Å²) in [6, 6.07) is 1.05. The minimum absolute atomic E-state index is 0.216. The van der Waals surface area contributed by atoms with Gasteiger partial charge >= 0.3 is 7.32 Å². The molecule has 0 amide bonds. The quantitative estimate of drug-likeness (QED) is 0.506. The molecule has 0 unspecified atom stereocenters. The number of aromatic nitrogens is 3. The molecule has 0 radical (unpaired) electrons. The van der Waals surface area contributed by atoms with Gasteiger partial charge in [-0.3, -0.25) is 0 Å². The van der Waals surface area contributed by atoms with E-state index in [1.54, 1.807) is 10.8 Å². The van der Waals surface area contributed by atoms with E-state index < -0.39 is 15.4 Å². The van der Waals surface area contributed by atoms with Crippen LogP contribution in [-0.4, -0.2) is 46.6 Å². The topological polar surface area (TPSA) is 116 Å². The van der Waals surface area contributed by atoms with Crippen LogP contribution in [0.1, 0.15) is 0 Å². The third-order valence-corrected chi connectivity index (χ3v) is 4.81. The average Bonchev–Trinajstić information content (AvgIpc) is 2.73.